The lowest BCUT2D eigenvalue weighted by atomic mass is 9.91. The number of rotatable bonds is 3. The number of hydrogen-bond acceptors (Lipinski definition) is 1. The molecule has 2 aromatic carbocycles. The molecule has 0 aromatic heterocycles. The molecule has 1 atom stereocenters. The van der Waals surface area contributed by atoms with Gasteiger partial charge in [0, 0.05) is 22.5 Å². The molecule has 0 aliphatic heterocycles. The average Bonchev–Trinajstić information content (AvgIpc) is 2.34. The number of benzene rings is 2. The van der Waals surface area contributed by atoms with Gasteiger partial charge in [0.2, 0.25) is 0 Å². The van der Waals surface area contributed by atoms with Gasteiger partial charge in [0.05, 0.1) is 0 Å². The Morgan fingerprint density at radius 2 is 1.71 bits per heavy atom. The molecule has 0 heterocycles. The average molecular weight is 266 g/mol. The zero-order valence-corrected chi connectivity index (χ0v) is 10.7. The van der Waals surface area contributed by atoms with Crippen molar-refractivity contribution < 1.29 is 0 Å². The highest BCUT2D eigenvalue weighted by atomic mass is 35.5. The lowest BCUT2D eigenvalue weighted by Gasteiger charge is -2.17. The smallest absolute Gasteiger partial charge is 0.0459 e. The topological polar surface area (TPSA) is 26.0 Å². The first kappa shape index (κ1) is 12.4. The summed E-state index contributed by atoms with van der Waals surface area (Å²) in [4.78, 5) is 0. The van der Waals surface area contributed by atoms with Crippen LogP contribution in [-0.2, 0) is 0 Å². The maximum atomic E-state index is 6.21. The van der Waals surface area contributed by atoms with Gasteiger partial charge >= 0.3 is 0 Å². The summed E-state index contributed by atoms with van der Waals surface area (Å²) < 4.78 is 0. The zero-order valence-electron chi connectivity index (χ0n) is 9.24. The molecule has 2 rings (SSSR count). The quantitative estimate of drug-likeness (QED) is 0.889. The van der Waals surface area contributed by atoms with E-state index in [9.17, 15) is 0 Å². The first-order chi connectivity index (χ1) is 8.22. The van der Waals surface area contributed by atoms with E-state index in [2.05, 4.69) is 12.1 Å². The van der Waals surface area contributed by atoms with E-state index in [-0.39, 0.29) is 5.92 Å². The SMILES string of the molecule is NC[C@H](c1ccccc1)c1ccc(Cl)cc1Cl. The Morgan fingerprint density at radius 3 is 2.29 bits per heavy atom. The number of halogens is 2. The van der Waals surface area contributed by atoms with Crippen LogP contribution < -0.4 is 5.73 Å². The molecular formula is C14H13Cl2N. The fourth-order valence-corrected chi connectivity index (χ4v) is 2.45. The Bertz CT molecular complexity index is 497. The second-order valence-electron chi connectivity index (χ2n) is 3.86. The van der Waals surface area contributed by atoms with Crippen LogP contribution in [0.25, 0.3) is 0 Å². The normalized spacial score (nSPS) is 12.4. The van der Waals surface area contributed by atoms with Crippen LogP contribution in [0.15, 0.2) is 48.5 Å². The van der Waals surface area contributed by atoms with E-state index < -0.39 is 0 Å². The van der Waals surface area contributed by atoms with Crippen LogP contribution in [0.2, 0.25) is 10.0 Å². The fraction of sp³-hybridized carbons (Fsp3) is 0.143. The van der Waals surface area contributed by atoms with Crippen molar-refractivity contribution in [2.24, 2.45) is 5.73 Å². The van der Waals surface area contributed by atoms with E-state index in [0.717, 1.165) is 5.56 Å². The van der Waals surface area contributed by atoms with E-state index >= 15 is 0 Å². The van der Waals surface area contributed by atoms with Gasteiger partial charge in [0.25, 0.3) is 0 Å². The molecule has 0 aliphatic carbocycles. The number of nitrogens with two attached hydrogens (primary N) is 1. The molecule has 17 heavy (non-hydrogen) atoms. The van der Waals surface area contributed by atoms with E-state index in [4.69, 9.17) is 28.9 Å². The van der Waals surface area contributed by atoms with Gasteiger partial charge in [-0.25, -0.2) is 0 Å². The Morgan fingerprint density at radius 1 is 1.00 bits per heavy atom. The van der Waals surface area contributed by atoms with Gasteiger partial charge in [-0.3, -0.25) is 0 Å². The van der Waals surface area contributed by atoms with Crippen molar-refractivity contribution in [3.05, 3.63) is 69.7 Å². The van der Waals surface area contributed by atoms with Gasteiger partial charge in [0.1, 0.15) is 0 Å². The van der Waals surface area contributed by atoms with Gasteiger partial charge in [-0.15, -0.1) is 0 Å². The van der Waals surface area contributed by atoms with Crippen molar-refractivity contribution in [3.63, 3.8) is 0 Å². The fourth-order valence-electron chi connectivity index (χ4n) is 1.91. The molecule has 0 amide bonds. The summed E-state index contributed by atoms with van der Waals surface area (Å²) in [5.74, 6) is 0.112. The first-order valence-corrected chi connectivity index (χ1v) is 6.18. The van der Waals surface area contributed by atoms with Gasteiger partial charge in [0.15, 0.2) is 0 Å². The summed E-state index contributed by atoms with van der Waals surface area (Å²) in [6.45, 7) is 0.519. The van der Waals surface area contributed by atoms with E-state index in [0.29, 0.717) is 16.6 Å². The molecule has 3 heteroatoms. The number of hydrogen-bond donors (Lipinski definition) is 1. The van der Waals surface area contributed by atoms with Crippen molar-refractivity contribution in [3.8, 4) is 0 Å². The summed E-state index contributed by atoms with van der Waals surface area (Å²) in [5, 5.41) is 1.30. The predicted molar refractivity (Wildman–Crippen MR) is 73.8 cm³/mol. The van der Waals surface area contributed by atoms with Gasteiger partial charge in [-0.1, -0.05) is 59.6 Å². The van der Waals surface area contributed by atoms with Gasteiger partial charge in [-0.05, 0) is 23.3 Å². The summed E-state index contributed by atoms with van der Waals surface area (Å²) >= 11 is 12.1. The van der Waals surface area contributed by atoms with Crippen molar-refractivity contribution >= 4 is 23.2 Å². The van der Waals surface area contributed by atoms with Crippen LogP contribution in [0.3, 0.4) is 0 Å². The second-order valence-corrected chi connectivity index (χ2v) is 4.71. The van der Waals surface area contributed by atoms with Crippen molar-refractivity contribution in [1.82, 2.24) is 0 Å². The molecule has 0 saturated carbocycles. The second kappa shape index (κ2) is 5.54. The monoisotopic (exact) mass is 265 g/mol. The summed E-state index contributed by atoms with van der Waals surface area (Å²) in [6, 6.07) is 15.6. The van der Waals surface area contributed by atoms with Crippen molar-refractivity contribution in [2.75, 3.05) is 6.54 Å². The molecule has 0 saturated heterocycles. The minimum absolute atomic E-state index is 0.112. The van der Waals surface area contributed by atoms with Crippen LogP contribution in [0.4, 0.5) is 0 Å². The molecule has 2 aromatic rings. The maximum Gasteiger partial charge on any atom is 0.0459 e. The van der Waals surface area contributed by atoms with Gasteiger partial charge in [-0.2, -0.15) is 0 Å². The van der Waals surface area contributed by atoms with Crippen LogP contribution in [-0.4, -0.2) is 6.54 Å². The van der Waals surface area contributed by atoms with Gasteiger partial charge < -0.3 is 5.73 Å². The maximum absolute atomic E-state index is 6.21. The third kappa shape index (κ3) is 2.81. The Labute approximate surface area is 111 Å². The molecular weight excluding hydrogens is 253 g/mol. The highest BCUT2D eigenvalue weighted by molar-refractivity contribution is 6.35. The predicted octanol–water partition coefficient (Wildman–Crippen LogP) is 4.08. The lowest BCUT2D eigenvalue weighted by molar-refractivity contribution is 0.819. The standard InChI is InChI=1S/C14H13Cl2N/c15-11-6-7-12(14(16)8-11)13(9-17)10-4-2-1-3-5-10/h1-8,13H,9,17H2/t13-/m1/s1. The van der Waals surface area contributed by atoms with E-state index in [1.165, 1.54) is 5.56 Å². The molecule has 0 radical (unpaired) electrons. The van der Waals surface area contributed by atoms with Crippen LogP contribution in [0.5, 0.6) is 0 Å². The van der Waals surface area contributed by atoms with Crippen molar-refractivity contribution in [2.45, 2.75) is 5.92 Å². The Balaban J connectivity index is 2.42. The molecule has 2 N–H and O–H groups in total. The zero-order chi connectivity index (χ0) is 12.3. The van der Waals surface area contributed by atoms with Crippen LogP contribution in [0, 0.1) is 0 Å². The highest BCUT2D eigenvalue weighted by Gasteiger charge is 2.15. The van der Waals surface area contributed by atoms with E-state index in [1.807, 2.05) is 30.3 Å². The Kier molecular flexibility index (Phi) is 4.06. The summed E-state index contributed by atoms with van der Waals surface area (Å²) in [6.07, 6.45) is 0. The van der Waals surface area contributed by atoms with E-state index in [1.54, 1.807) is 6.07 Å². The third-order valence-corrected chi connectivity index (χ3v) is 3.34. The molecule has 0 unspecified atom stereocenters. The summed E-state index contributed by atoms with van der Waals surface area (Å²) in [5.41, 5.74) is 8.04. The molecule has 88 valence electrons. The first-order valence-electron chi connectivity index (χ1n) is 5.42. The minimum atomic E-state index is 0.112. The molecule has 1 nitrogen and oxygen atoms in total. The van der Waals surface area contributed by atoms with Crippen molar-refractivity contribution in [1.29, 1.82) is 0 Å². The highest BCUT2D eigenvalue weighted by Crippen LogP contribution is 2.31. The largest absolute Gasteiger partial charge is 0.330 e. The molecule has 0 fully saturated rings. The molecule has 0 bridgehead atoms. The molecule has 0 spiro atoms. The lowest BCUT2D eigenvalue weighted by Crippen LogP contribution is -2.14. The third-order valence-electron chi connectivity index (χ3n) is 2.78. The summed E-state index contributed by atoms with van der Waals surface area (Å²) in [7, 11) is 0. The minimum Gasteiger partial charge on any atom is -0.330 e. The van der Waals surface area contributed by atoms with Crippen LogP contribution >= 0.6 is 23.2 Å². The molecule has 0 aliphatic rings. The van der Waals surface area contributed by atoms with Crippen LogP contribution in [0.1, 0.15) is 17.0 Å². The Hall–Kier alpha value is -1.02.